The third kappa shape index (κ3) is 4.57. The molecular formula is C18H17BrN4O3S4. The van der Waals surface area contributed by atoms with E-state index in [1.807, 2.05) is 0 Å². The summed E-state index contributed by atoms with van der Waals surface area (Å²) in [7, 11) is -7.96. The number of thioether (sulfide) groups is 1. The number of rotatable bonds is 6. The largest absolute Gasteiger partial charge is 0.399 e. The van der Waals surface area contributed by atoms with Gasteiger partial charge in [-0.1, -0.05) is 31.8 Å². The van der Waals surface area contributed by atoms with E-state index in [2.05, 4.69) is 19.7 Å². The Morgan fingerprint density at radius 3 is 2.37 bits per heavy atom. The highest BCUT2D eigenvalue weighted by Crippen LogP contribution is 2.39. The summed E-state index contributed by atoms with van der Waals surface area (Å²) in [6.07, 6.45) is 1.77. The topological polar surface area (TPSA) is 139 Å². The number of hydrogen-bond donors (Lipinski definition) is 3. The summed E-state index contributed by atoms with van der Waals surface area (Å²) in [5.74, 6) is -0.198. The standard InChI is InChI=1S/C18H17BrN4O3S4/c1-27-18-16(10-15(28-18)17(21)22)29(24,13-6-2-4-11(19)8-13)23-30(25,26)14-7-3-5-12(20)9-14/h2-10H,20H2,1H3,(H3,21,22). The summed E-state index contributed by atoms with van der Waals surface area (Å²) in [5.41, 5.74) is 11.6. The van der Waals surface area contributed by atoms with Crippen molar-refractivity contribution in [2.45, 2.75) is 18.9 Å². The van der Waals surface area contributed by atoms with Crippen molar-refractivity contribution in [2.75, 3.05) is 12.0 Å². The molecule has 30 heavy (non-hydrogen) atoms. The van der Waals surface area contributed by atoms with E-state index < -0.39 is 19.8 Å². The summed E-state index contributed by atoms with van der Waals surface area (Å²) >= 11 is 5.78. The van der Waals surface area contributed by atoms with E-state index >= 15 is 0 Å². The fourth-order valence-corrected chi connectivity index (χ4v) is 9.68. The number of benzene rings is 2. The van der Waals surface area contributed by atoms with Crippen molar-refractivity contribution in [3.63, 3.8) is 0 Å². The Labute approximate surface area is 191 Å². The van der Waals surface area contributed by atoms with Crippen LogP contribution >= 0.6 is 39.0 Å². The first kappa shape index (κ1) is 22.8. The second-order valence-corrected chi connectivity index (χ2v) is 13.0. The quantitative estimate of drug-likeness (QED) is 0.182. The van der Waals surface area contributed by atoms with Gasteiger partial charge in [-0.25, -0.2) is 4.21 Å². The molecule has 7 nitrogen and oxygen atoms in total. The maximum absolute atomic E-state index is 14.3. The number of nitrogens with two attached hydrogens (primary N) is 2. The molecule has 3 rings (SSSR count). The molecule has 0 aliphatic heterocycles. The number of thiophene rings is 1. The van der Waals surface area contributed by atoms with Crippen molar-refractivity contribution < 1.29 is 12.6 Å². The highest BCUT2D eigenvalue weighted by atomic mass is 79.9. The molecule has 0 saturated heterocycles. The maximum Gasteiger partial charge on any atom is 0.290 e. The van der Waals surface area contributed by atoms with Gasteiger partial charge in [-0.05, 0) is 48.7 Å². The Balaban J connectivity index is 2.39. The van der Waals surface area contributed by atoms with Crippen molar-refractivity contribution in [3.05, 3.63) is 63.9 Å². The van der Waals surface area contributed by atoms with E-state index in [4.69, 9.17) is 16.9 Å². The van der Waals surface area contributed by atoms with Crippen LogP contribution in [0, 0.1) is 5.41 Å². The van der Waals surface area contributed by atoms with E-state index in [-0.39, 0.29) is 26.2 Å². The summed E-state index contributed by atoms with van der Waals surface area (Å²) in [5, 5.41) is 7.72. The van der Waals surface area contributed by atoms with Crippen LogP contribution in [0.2, 0.25) is 0 Å². The summed E-state index contributed by atoms with van der Waals surface area (Å²) in [6.45, 7) is 0. The molecule has 1 aromatic heterocycles. The predicted molar refractivity (Wildman–Crippen MR) is 126 cm³/mol. The number of nitrogens with zero attached hydrogens (tertiary/aromatic N) is 1. The zero-order valence-corrected chi connectivity index (χ0v) is 20.4. The Hall–Kier alpha value is -1.86. The van der Waals surface area contributed by atoms with Crippen molar-refractivity contribution in [3.8, 4) is 0 Å². The van der Waals surface area contributed by atoms with Gasteiger partial charge < -0.3 is 11.5 Å². The Kier molecular flexibility index (Phi) is 6.63. The van der Waals surface area contributed by atoms with Gasteiger partial charge in [-0.2, -0.15) is 8.42 Å². The van der Waals surface area contributed by atoms with Crippen LogP contribution < -0.4 is 11.5 Å². The van der Waals surface area contributed by atoms with Gasteiger partial charge >= 0.3 is 0 Å². The lowest BCUT2D eigenvalue weighted by Gasteiger charge is -2.12. The van der Waals surface area contributed by atoms with Crippen LogP contribution in [0.15, 0.2) is 81.7 Å². The third-order valence-corrected chi connectivity index (χ3v) is 11.2. The lowest BCUT2D eigenvalue weighted by atomic mass is 10.3. The molecule has 0 aliphatic carbocycles. The molecular weight excluding hydrogens is 528 g/mol. The van der Waals surface area contributed by atoms with Crippen molar-refractivity contribution in [1.82, 2.24) is 0 Å². The normalized spacial score (nSPS) is 13.5. The first-order chi connectivity index (χ1) is 14.1. The first-order valence-electron chi connectivity index (χ1n) is 8.23. The van der Waals surface area contributed by atoms with Crippen LogP contribution in [0.25, 0.3) is 0 Å². The highest BCUT2D eigenvalue weighted by molar-refractivity contribution is 9.10. The summed E-state index contributed by atoms with van der Waals surface area (Å²) in [4.78, 5) is 0.648. The number of nitrogens with one attached hydrogen (secondary N) is 1. The van der Waals surface area contributed by atoms with Gasteiger partial charge in [0.05, 0.1) is 23.8 Å². The van der Waals surface area contributed by atoms with Gasteiger partial charge in [-0.15, -0.1) is 23.1 Å². The second kappa shape index (κ2) is 8.71. The minimum absolute atomic E-state index is 0.155. The van der Waals surface area contributed by atoms with E-state index in [1.165, 1.54) is 47.4 Å². The molecule has 0 spiro atoms. The fraction of sp³-hybridized carbons (Fsp3) is 0.0556. The molecule has 0 saturated carbocycles. The van der Waals surface area contributed by atoms with Gasteiger partial charge in [0.2, 0.25) is 0 Å². The highest BCUT2D eigenvalue weighted by Gasteiger charge is 2.28. The Morgan fingerprint density at radius 2 is 1.77 bits per heavy atom. The maximum atomic E-state index is 14.3. The van der Waals surface area contributed by atoms with Crippen molar-refractivity contribution in [2.24, 2.45) is 9.50 Å². The zero-order valence-electron chi connectivity index (χ0n) is 15.5. The van der Waals surface area contributed by atoms with Gasteiger partial charge in [0, 0.05) is 10.2 Å². The SMILES string of the molecule is CSc1sc(C(=N)N)cc1S(=O)(=NS(=O)(=O)c1cccc(N)c1)c1cccc(Br)c1. The van der Waals surface area contributed by atoms with E-state index in [9.17, 15) is 12.6 Å². The molecule has 1 heterocycles. The molecule has 1 unspecified atom stereocenters. The Bertz CT molecular complexity index is 1360. The molecule has 0 amide bonds. The monoisotopic (exact) mass is 544 g/mol. The Morgan fingerprint density at radius 1 is 1.10 bits per heavy atom. The molecule has 5 N–H and O–H groups in total. The average molecular weight is 546 g/mol. The zero-order chi connectivity index (χ0) is 22.1. The summed E-state index contributed by atoms with van der Waals surface area (Å²) < 4.78 is 45.6. The molecule has 0 bridgehead atoms. The van der Waals surface area contributed by atoms with Crippen molar-refractivity contribution in [1.29, 1.82) is 5.41 Å². The van der Waals surface area contributed by atoms with E-state index in [1.54, 1.807) is 36.6 Å². The fourth-order valence-electron chi connectivity index (χ4n) is 2.53. The number of sulfonamides is 1. The van der Waals surface area contributed by atoms with Gasteiger partial charge in [-0.3, -0.25) is 5.41 Å². The minimum Gasteiger partial charge on any atom is -0.399 e. The average Bonchev–Trinajstić information content (AvgIpc) is 3.13. The van der Waals surface area contributed by atoms with Crippen LogP contribution in [0.1, 0.15) is 4.88 Å². The molecule has 158 valence electrons. The molecule has 12 heteroatoms. The third-order valence-electron chi connectivity index (χ3n) is 3.89. The van der Waals surface area contributed by atoms with Crippen molar-refractivity contribution >= 4 is 70.3 Å². The smallest absolute Gasteiger partial charge is 0.290 e. The molecule has 0 fully saturated rings. The summed E-state index contributed by atoms with van der Waals surface area (Å²) in [6, 6.07) is 13.6. The molecule has 2 aromatic carbocycles. The van der Waals surface area contributed by atoms with Gasteiger partial charge in [0.25, 0.3) is 10.0 Å². The van der Waals surface area contributed by atoms with Crippen LogP contribution in [-0.4, -0.2) is 24.7 Å². The first-order valence-corrected chi connectivity index (χ1v) is 14.0. The second-order valence-electron chi connectivity index (χ2n) is 5.99. The molecule has 3 aromatic rings. The minimum atomic E-state index is -4.32. The number of halogens is 1. The van der Waals surface area contributed by atoms with Gasteiger partial charge in [0.1, 0.15) is 15.6 Å². The number of amidine groups is 1. The molecule has 0 aliphatic rings. The molecule has 0 radical (unpaired) electrons. The lowest BCUT2D eigenvalue weighted by Crippen LogP contribution is -2.10. The number of hydrogen-bond acceptors (Lipinski definition) is 7. The van der Waals surface area contributed by atoms with Gasteiger partial charge in [0.15, 0.2) is 0 Å². The number of anilines is 1. The van der Waals surface area contributed by atoms with Crippen LogP contribution in [0.3, 0.4) is 0 Å². The molecule has 1 atom stereocenters. The van der Waals surface area contributed by atoms with Crippen LogP contribution in [-0.2, 0) is 19.8 Å². The number of nitrogen functional groups attached to an aromatic ring is 2. The van der Waals surface area contributed by atoms with E-state index in [0.29, 0.717) is 13.6 Å². The predicted octanol–water partition coefficient (Wildman–Crippen LogP) is 4.37. The van der Waals surface area contributed by atoms with E-state index in [0.717, 1.165) is 0 Å². The van der Waals surface area contributed by atoms with Crippen LogP contribution in [0.4, 0.5) is 5.69 Å². The lowest BCUT2D eigenvalue weighted by molar-refractivity contribution is 0.598. The van der Waals surface area contributed by atoms with Crippen LogP contribution in [0.5, 0.6) is 0 Å².